The first-order valence-corrected chi connectivity index (χ1v) is 12.6. The minimum Gasteiger partial charge on any atom is -0.481 e. The molecule has 4 aromatic rings. The molecule has 0 atom stereocenters. The van der Waals surface area contributed by atoms with Crippen LogP contribution in [0.25, 0.3) is 10.2 Å². The van der Waals surface area contributed by atoms with E-state index in [4.69, 9.17) is 9.47 Å². The van der Waals surface area contributed by atoms with E-state index in [1.807, 2.05) is 61.2 Å². The number of aromatic nitrogens is 3. The zero-order valence-electron chi connectivity index (χ0n) is 21.2. The monoisotopic (exact) mass is 516 g/mol. The molecule has 190 valence electrons. The molecule has 0 aliphatic carbocycles. The van der Waals surface area contributed by atoms with Crippen molar-refractivity contribution in [3.63, 3.8) is 0 Å². The summed E-state index contributed by atoms with van der Waals surface area (Å²) in [7, 11) is 5.53. The summed E-state index contributed by atoms with van der Waals surface area (Å²) in [5, 5.41) is 4.42. The lowest BCUT2D eigenvalue weighted by atomic mass is 10.1. The summed E-state index contributed by atoms with van der Waals surface area (Å²) in [6.45, 7) is 3.85. The van der Waals surface area contributed by atoms with Crippen LogP contribution < -0.4 is 14.8 Å². The molecule has 0 unspecified atom stereocenters. The molecule has 9 nitrogen and oxygen atoms in total. The first-order valence-electron chi connectivity index (χ1n) is 11.8. The van der Waals surface area contributed by atoms with Gasteiger partial charge in [-0.1, -0.05) is 6.08 Å². The Morgan fingerprint density at radius 1 is 1.19 bits per heavy atom. The quantitative estimate of drug-likeness (QED) is 0.331. The molecule has 0 bridgehead atoms. The number of pyridine rings is 1. The zero-order valence-corrected chi connectivity index (χ0v) is 22.0. The van der Waals surface area contributed by atoms with Gasteiger partial charge < -0.3 is 24.6 Å². The molecule has 4 heterocycles. The number of benzene rings is 1. The summed E-state index contributed by atoms with van der Waals surface area (Å²) in [5.74, 6) is 2.65. The van der Waals surface area contributed by atoms with E-state index in [1.165, 1.54) is 0 Å². The van der Waals surface area contributed by atoms with Crippen LogP contribution in [0.3, 0.4) is 0 Å². The number of anilines is 2. The van der Waals surface area contributed by atoms with Crippen LogP contribution in [0.4, 0.5) is 11.5 Å². The van der Waals surface area contributed by atoms with Crippen molar-refractivity contribution in [2.24, 2.45) is 0 Å². The molecule has 0 fully saturated rings. The fraction of sp³-hybridized carbons (Fsp3) is 0.259. The molecule has 1 amide bonds. The maximum Gasteiger partial charge on any atom is 0.246 e. The topological polar surface area (TPSA) is 92.7 Å². The Morgan fingerprint density at radius 2 is 2.05 bits per heavy atom. The number of methoxy groups -OCH3 is 1. The van der Waals surface area contributed by atoms with Gasteiger partial charge in [0.2, 0.25) is 11.8 Å². The number of likely N-dealkylation sites (N-methyl/N-ethyl adjacent to an activating group) is 1. The van der Waals surface area contributed by atoms with Crippen molar-refractivity contribution in [1.29, 1.82) is 0 Å². The molecule has 1 aliphatic rings. The van der Waals surface area contributed by atoms with Crippen LogP contribution in [0.1, 0.15) is 16.0 Å². The maximum atomic E-state index is 12.7. The van der Waals surface area contributed by atoms with Crippen LogP contribution in [0.2, 0.25) is 0 Å². The second-order valence-electron chi connectivity index (χ2n) is 9.01. The highest BCUT2D eigenvalue weighted by molar-refractivity contribution is 7.19. The summed E-state index contributed by atoms with van der Waals surface area (Å²) in [6, 6.07) is 9.45. The van der Waals surface area contributed by atoms with Crippen molar-refractivity contribution >= 4 is 39.0 Å². The largest absolute Gasteiger partial charge is 0.481 e. The van der Waals surface area contributed by atoms with Crippen molar-refractivity contribution in [1.82, 2.24) is 24.8 Å². The highest BCUT2D eigenvalue weighted by Gasteiger charge is 2.28. The van der Waals surface area contributed by atoms with E-state index in [1.54, 1.807) is 43.1 Å². The summed E-state index contributed by atoms with van der Waals surface area (Å²) in [6.07, 6.45) is 6.75. The molecule has 0 saturated heterocycles. The normalized spacial score (nSPS) is 12.9. The number of rotatable bonds is 8. The first-order chi connectivity index (χ1) is 17.9. The molecule has 3 aromatic heterocycles. The van der Waals surface area contributed by atoms with E-state index in [9.17, 15) is 4.79 Å². The molecular weight excluding hydrogens is 488 g/mol. The fourth-order valence-electron chi connectivity index (χ4n) is 4.13. The molecule has 1 N–H and O–H groups in total. The lowest BCUT2D eigenvalue weighted by Gasteiger charge is -2.14. The van der Waals surface area contributed by atoms with Gasteiger partial charge in [-0.25, -0.2) is 15.0 Å². The zero-order chi connectivity index (χ0) is 25.9. The smallest absolute Gasteiger partial charge is 0.246 e. The summed E-state index contributed by atoms with van der Waals surface area (Å²) in [5.41, 5.74) is 2.96. The van der Waals surface area contributed by atoms with Crippen LogP contribution in [0.5, 0.6) is 17.4 Å². The number of nitrogens with one attached hydrogen (secondary N) is 1. The van der Waals surface area contributed by atoms with Gasteiger partial charge in [-0.05, 0) is 50.8 Å². The SMILES string of the molecule is COc1ccc(Oc2ccc(Nc3ncnc4sc5c(c34)CN(C(=O)/C=C/CN(C)C)C5)cc2C)cn1. The lowest BCUT2D eigenvalue weighted by Crippen LogP contribution is -2.23. The molecule has 0 radical (unpaired) electrons. The van der Waals surface area contributed by atoms with Crippen molar-refractivity contribution < 1.29 is 14.3 Å². The highest BCUT2D eigenvalue weighted by Crippen LogP contribution is 2.40. The predicted octanol–water partition coefficient (Wildman–Crippen LogP) is 4.90. The van der Waals surface area contributed by atoms with Crippen molar-refractivity contribution in [2.45, 2.75) is 20.0 Å². The third kappa shape index (κ3) is 5.40. The van der Waals surface area contributed by atoms with Crippen LogP contribution in [-0.4, -0.2) is 58.4 Å². The molecule has 0 spiro atoms. The number of nitrogens with zero attached hydrogens (tertiary/aromatic N) is 5. The van der Waals surface area contributed by atoms with Gasteiger partial charge in [0.15, 0.2) is 0 Å². The van der Waals surface area contributed by atoms with Gasteiger partial charge in [0, 0.05) is 41.4 Å². The molecule has 37 heavy (non-hydrogen) atoms. The minimum atomic E-state index is 0.0167. The van der Waals surface area contributed by atoms with Gasteiger partial charge in [-0.2, -0.15) is 0 Å². The third-order valence-corrected chi connectivity index (χ3v) is 7.11. The molecule has 1 aromatic carbocycles. The lowest BCUT2D eigenvalue weighted by molar-refractivity contribution is -0.126. The Morgan fingerprint density at radius 3 is 2.78 bits per heavy atom. The standard InChI is InChI=1S/C27H28N6O3S/c1-17-12-18(7-9-21(17)36-19-8-10-23(35-4)28-13-19)31-26-25-20-14-33(24(34)6-5-11-32(2)3)15-22(20)37-27(25)30-16-29-26/h5-10,12-13,16H,11,14-15H2,1-4H3,(H,29,30,31)/b6-5+. The van der Waals surface area contributed by atoms with E-state index in [2.05, 4.69) is 20.3 Å². The number of aryl methyl sites for hydroxylation is 1. The molecule has 10 heteroatoms. The van der Waals surface area contributed by atoms with Gasteiger partial charge in [0.1, 0.15) is 28.5 Å². The number of hydrogen-bond donors (Lipinski definition) is 1. The molecule has 5 rings (SSSR count). The predicted molar refractivity (Wildman–Crippen MR) is 145 cm³/mol. The van der Waals surface area contributed by atoms with Gasteiger partial charge >= 0.3 is 0 Å². The average molecular weight is 517 g/mol. The number of carbonyl (C=O) groups excluding carboxylic acids is 1. The van der Waals surface area contributed by atoms with E-state index in [-0.39, 0.29) is 5.91 Å². The van der Waals surface area contributed by atoms with E-state index < -0.39 is 0 Å². The second kappa shape index (κ2) is 10.5. The van der Waals surface area contributed by atoms with Gasteiger partial charge in [-0.15, -0.1) is 11.3 Å². The van der Waals surface area contributed by atoms with Gasteiger partial charge in [0.25, 0.3) is 0 Å². The molecule has 1 aliphatic heterocycles. The maximum absolute atomic E-state index is 12.7. The minimum absolute atomic E-state index is 0.0167. The van der Waals surface area contributed by atoms with E-state index in [0.29, 0.717) is 24.7 Å². The average Bonchev–Trinajstić information content (AvgIpc) is 3.44. The Kier molecular flexibility index (Phi) is 7.02. The Hall–Kier alpha value is -4.02. The van der Waals surface area contributed by atoms with Crippen molar-refractivity contribution in [2.75, 3.05) is 33.1 Å². The van der Waals surface area contributed by atoms with Crippen LogP contribution in [0.15, 0.2) is 55.0 Å². The molecular formula is C27H28N6O3S. The number of carbonyl (C=O) groups is 1. The van der Waals surface area contributed by atoms with E-state index >= 15 is 0 Å². The first kappa shape index (κ1) is 24.7. The number of fused-ring (bicyclic) bond motifs is 3. The van der Waals surface area contributed by atoms with Gasteiger partial charge in [0.05, 0.1) is 25.2 Å². The second-order valence-corrected chi connectivity index (χ2v) is 10.1. The van der Waals surface area contributed by atoms with Crippen LogP contribution in [-0.2, 0) is 17.9 Å². The Labute approximate surface area is 219 Å². The van der Waals surface area contributed by atoms with Crippen LogP contribution in [0, 0.1) is 6.92 Å². The number of amides is 1. The number of thiophene rings is 1. The van der Waals surface area contributed by atoms with Crippen LogP contribution >= 0.6 is 11.3 Å². The summed E-state index contributed by atoms with van der Waals surface area (Å²) >= 11 is 1.62. The highest BCUT2D eigenvalue weighted by atomic mass is 32.1. The van der Waals surface area contributed by atoms with Crippen molar-refractivity contribution in [3.05, 3.63) is 71.0 Å². The fourth-order valence-corrected chi connectivity index (χ4v) is 5.29. The summed E-state index contributed by atoms with van der Waals surface area (Å²) < 4.78 is 11.1. The number of hydrogen-bond acceptors (Lipinski definition) is 9. The van der Waals surface area contributed by atoms with Crippen molar-refractivity contribution in [3.8, 4) is 17.4 Å². The third-order valence-electron chi connectivity index (χ3n) is 5.98. The van der Waals surface area contributed by atoms with E-state index in [0.717, 1.165) is 50.0 Å². The number of ether oxygens (including phenoxy) is 2. The Balaban J connectivity index is 1.33. The molecule has 0 saturated carbocycles. The Bertz CT molecular complexity index is 1470. The van der Waals surface area contributed by atoms with Gasteiger partial charge in [-0.3, -0.25) is 4.79 Å². The summed E-state index contributed by atoms with van der Waals surface area (Å²) in [4.78, 5) is 31.8.